The Kier molecular flexibility index (Phi) is 7.54. The van der Waals surface area contributed by atoms with E-state index in [-0.39, 0.29) is 11.8 Å². The van der Waals surface area contributed by atoms with E-state index in [9.17, 15) is 9.59 Å². The van der Waals surface area contributed by atoms with Gasteiger partial charge in [-0.15, -0.1) is 0 Å². The smallest absolute Gasteiger partial charge is 0.253 e. The molecule has 0 heterocycles. The summed E-state index contributed by atoms with van der Waals surface area (Å²) < 4.78 is 0. The molecule has 0 saturated heterocycles. The van der Waals surface area contributed by atoms with Crippen molar-refractivity contribution in [2.75, 3.05) is 23.9 Å². The number of amides is 2. The Morgan fingerprint density at radius 3 is 2.16 bits per heavy atom. The number of rotatable bonds is 7. The van der Waals surface area contributed by atoms with E-state index in [1.165, 1.54) is 6.92 Å². The van der Waals surface area contributed by atoms with E-state index >= 15 is 0 Å². The van der Waals surface area contributed by atoms with Crippen molar-refractivity contribution >= 4 is 34.8 Å². The fraction of sp³-hybridized carbons (Fsp3) is 0.231. The number of benzene rings is 3. The summed E-state index contributed by atoms with van der Waals surface area (Å²) in [5, 5.41) is 3.64. The normalized spacial score (nSPS) is 10.5. The number of hydrogen-bond donors (Lipinski definition) is 1. The lowest BCUT2D eigenvalue weighted by atomic mass is 10.0. The number of aryl methyl sites for hydroxylation is 1. The SMILES string of the molecule is CC(=O)N(Cc1ccc(Cl)cc1)c1cc(C(=O)NCc2ccccc2)c(N(C)C)cc1C. The van der Waals surface area contributed by atoms with Gasteiger partial charge >= 0.3 is 0 Å². The monoisotopic (exact) mass is 449 g/mol. The van der Waals surface area contributed by atoms with Crippen LogP contribution in [-0.4, -0.2) is 25.9 Å². The van der Waals surface area contributed by atoms with Crippen LogP contribution < -0.4 is 15.1 Å². The lowest BCUT2D eigenvalue weighted by Gasteiger charge is -2.26. The molecular weight excluding hydrogens is 422 g/mol. The molecule has 0 unspecified atom stereocenters. The third-order valence-electron chi connectivity index (χ3n) is 5.26. The molecule has 166 valence electrons. The predicted octanol–water partition coefficient (Wildman–Crippen LogP) is 5.20. The maximum absolute atomic E-state index is 13.1. The van der Waals surface area contributed by atoms with Gasteiger partial charge in [0.05, 0.1) is 12.1 Å². The number of carbonyl (C=O) groups excluding carboxylic acids is 2. The first-order chi connectivity index (χ1) is 15.3. The largest absolute Gasteiger partial charge is 0.377 e. The van der Waals surface area contributed by atoms with Gasteiger partial charge in [0, 0.05) is 44.0 Å². The van der Waals surface area contributed by atoms with Crippen LogP contribution in [0.5, 0.6) is 0 Å². The van der Waals surface area contributed by atoms with Crippen molar-refractivity contribution in [1.29, 1.82) is 0 Å². The molecule has 32 heavy (non-hydrogen) atoms. The second-order valence-corrected chi connectivity index (χ2v) is 8.39. The zero-order chi connectivity index (χ0) is 23.3. The number of nitrogens with zero attached hydrogens (tertiary/aromatic N) is 2. The summed E-state index contributed by atoms with van der Waals surface area (Å²) >= 11 is 6.00. The zero-order valence-corrected chi connectivity index (χ0v) is 19.6. The number of halogens is 1. The van der Waals surface area contributed by atoms with Crippen LogP contribution in [0.1, 0.15) is 34.0 Å². The Hall–Kier alpha value is -3.31. The van der Waals surface area contributed by atoms with E-state index < -0.39 is 0 Å². The van der Waals surface area contributed by atoms with Crippen molar-refractivity contribution in [3.8, 4) is 0 Å². The summed E-state index contributed by atoms with van der Waals surface area (Å²) in [7, 11) is 3.80. The molecular formula is C26H28ClN3O2. The second-order valence-electron chi connectivity index (χ2n) is 7.95. The molecule has 0 saturated carbocycles. The van der Waals surface area contributed by atoms with Crippen LogP contribution in [0.15, 0.2) is 66.7 Å². The first-order valence-electron chi connectivity index (χ1n) is 10.4. The molecule has 2 amide bonds. The summed E-state index contributed by atoms with van der Waals surface area (Å²) in [6.45, 7) is 4.30. The summed E-state index contributed by atoms with van der Waals surface area (Å²) in [4.78, 5) is 29.3. The van der Waals surface area contributed by atoms with Crippen molar-refractivity contribution in [1.82, 2.24) is 5.32 Å². The van der Waals surface area contributed by atoms with Crippen LogP contribution in [0.3, 0.4) is 0 Å². The van der Waals surface area contributed by atoms with Crippen molar-refractivity contribution in [3.63, 3.8) is 0 Å². The molecule has 0 radical (unpaired) electrons. The molecule has 5 nitrogen and oxygen atoms in total. The van der Waals surface area contributed by atoms with Crippen molar-refractivity contribution in [2.24, 2.45) is 0 Å². The van der Waals surface area contributed by atoms with Crippen LogP contribution in [0.25, 0.3) is 0 Å². The number of carbonyl (C=O) groups is 2. The van der Waals surface area contributed by atoms with Gasteiger partial charge in [-0.2, -0.15) is 0 Å². The zero-order valence-electron chi connectivity index (χ0n) is 18.9. The molecule has 0 spiro atoms. The van der Waals surface area contributed by atoms with Gasteiger partial charge in [-0.05, 0) is 47.9 Å². The molecule has 3 aromatic carbocycles. The van der Waals surface area contributed by atoms with Gasteiger partial charge in [0.2, 0.25) is 5.91 Å². The minimum Gasteiger partial charge on any atom is -0.377 e. The summed E-state index contributed by atoms with van der Waals surface area (Å²) in [5.41, 5.74) is 4.92. The van der Waals surface area contributed by atoms with E-state index in [0.717, 1.165) is 22.4 Å². The average Bonchev–Trinajstić information content (AvgIpc) is 2.77. The molecule has 0 bridgehead atoms. The van der Waals surface area contributed by atoms with Crippen molar-refractivity contribution < 1.29 is 9.59 Å². The van der Waals surface area contributed by atoms with E-state index in [1.807, 2.05) is 80.5 Å². The molecule has 0 atom stereocenters. The van der Waals surface area contributed by atoms with Gasteiger partial charge in [0.1, 0.15) is 0 Å². The topological polar surface area (TPSA) is 52.7 Å². The molecule has 3 rings (SSSR count). The minimum absolute atomic E-state index is 0.101. The quantitative estimate of drug-likeness (QED) is 0.539. The molecule has 0 aliphatic rings. The Morgan fingerprint density at radius 2 is 1.56 bits per heavy atom. The Labute approximate surface area is 194 Å². The standard InChI is InChI=1S/C26H28ClN3O2/c1-18-14-25(29(3)4)23(26(32)28-16-20-8-6-5-7-9-20)15-24(18)30(19(2)31)17-21-10-12-22(27)13-11-21/h5-15H,16-17H2,1-4H3,(H,28,32). The van der Waals surface area contributed by atoms with Crippen LogP contribution in [-0.2, 0) is 17.9 Å². The van der Waals surface area contributed by atoms with Crippen LogP contribution in [0, 0.1) is 6.92 Å². The van der Waals surface area contributed by atoms with Gasteiger partial charge in [0.15, 0.2) is 0 Å². The maximum atomic E-state index is 13.1. The summed E-state index contributed by atoms with van der Waals surface area (Å²) in [6.07, 6.45) is 0. The van der Waals surface area contributed by atoms with Crippen molar-refractivity contribution in [3.05, 3.63) is 94.0 Å². The third-order valence-corrected chi connectivity index (χ3v) is 5.51. The molecule has 0 fully saturated rings. The summed E-state index contributed by atoms with van der Waals surface area (Å²) in [6, 6.07) is 20.9. The van der Waals surface area contributed by atoms with Gasteiger partial charge in [-0.1, -0.05) is 54.1 Å². The molecule has 0 aliphatic heterocycles. The number of hydrogen-bond acceptors (Lipinski definition) is 3. The highest BCUT2D eigenvalue weighted by atomic mass is 35.5. The van der Waals surface area contributed by atoms with Gasteiger partial charge < -0.3 is 15.1 Å². The first kappa shape index (κ1) is 23.4. The van der Waals surface area contributed by atoms with Gasteiger partial charge in [0.25, 0.3) is 5.91 Å². The fourth-order valence-electron chi connectivity index (χ4n) is 3.54. The van der Waals surface area contributed by atoms with Gasteiger partial charge in [-0.25, -0.2) is 0 Å². The number of nitrogens with one attached hydrogen (secondary N) is 1. The maximum Gasteiger partial charge on any atom is 0.253 e. The highest BCUT2D eigenvalue weighted by Gasteiger charge is 2.21. The molecule has 0 aliphatic carbocycles. The van der Waals surface area contributed by atoms with Gasteiger partial charge in [-0.3, -0.25) is 9.59 Å². The van der Waals surface area contributed by atoms with E-state index in [2.05, 4.69) is 5.32 Å². The fourth-order valence-corrected chi connectivity index (χ4v) is 3.66. The number of anilines is 2. The van der Waals surface area contributed by atoms with E-state index in [1.54, 1.807) is 17.0 Å². The predicted molar refractivity (Wildman–Crippen MR) is 131 cm³/mol. The highest BCUT2D eigenvalue weighted by molar-refractivity contribution is 6.30. The average molecular weight is 450 g/mol. The molecule has 0 aromatic heterocycles. The van der Waals surface area contributed by atoms with E-state index in [0.29, 0.717) is 29.4 Å². The van der Waals surface area contributed by atoms with Crippen molar-refractivity contribution in [2.45, 2.75) is 26.9 Å². The highest BCUT2D eigenvalue weighted by Crippen LogP contribution is 2.31. The second kappa shape index (κ2) is 10.3. The van der Waals surface area contributed by atoms with E-state index in [4.69, 9.17) is 11.6 Å². The summed E-state index contributed by atoms with van der Waals surface area (Å²) in [5.74, 6) is -0.287. The van der Waals surface area contributed by atoms with Crippen LogP contribution in [0.2, 0.25) is 5.02 Å². The van der Waals surface area contributed by atoms with Crippen LogP contribution >= 0.6 is 11.6 Å². The molecule has 1 N–H and O–H groups in total. The molecule has 6 heteroatoms. The lowest BCUT2D eigenvalue weighted by molar-refractivity contribution is -0.116. The Morgan fingerprint density at radius 1 is 0.906 bits per heavy atom. The third kappa shape index (κ3) is 5.68. The van der Waals surface area contributed by atoms with Crippen LogP contribution in [0.4, 0.5) is 11.4 Å². The first-order valence-corrected chi connectivity index (χ1v) is 10.8. The lowest BCUT2D eigenvalue weighted by Crippen LogP contribution is -2.30. The Bertz CT molecular complexity index is 1100. The minimum atomic E-state index is -0.186. The molecule has 3 aromatic rings. The Balaban J connectivity index is 1.95.